The first-order chi connectivity index (χ1) is 13.5. The Kier molecular flexibility index (Phi) is 4.52. The van der Waals surface area contributed by atoms with Gasteiger partial charge < -0.3 is 15.2 Å². The number of fused-ring (bicyclic) bond motifs is 3. The maximum Gasteiger partial charge on any atom is 0.407 e. The summed E-state index contributed by atoms with van der Waals surface area (Å²) >= 11 is 0. The number of aryl methyl sites for hydroxylation is 1. The Morgan fingerprint density at radius 2 is 1.71 bits per heavy atom. The molecule has 0 saturated heterocycles. The number of aromatic carboxylic acids is 1. The molecule has 4 rings (SSSR count). The van der Waals surface area contributed by atoms with Crippen molar-refractivity contribution in [1.82, 2.24) is 20.1 Å². The Labute approximate surface area is 160 Å². The van der Waals surface area contributed by atoms with Crippen LogP contribution < -0.4 is 5.32 Å². The molecule has 0 fully saturated rings. The van der Waals surface area contributed by atoms with Crippen molar-refractivity contribution in [2.24, 2.45) is 7.05 Å². The number of amides is 1. The first-order valence-electron chi connectivity index (χ1n) is 8.76. The molecule has 1 heterocycles. The summed E-state index contributed by atoms with van der Waals surface area (Å²) in [5.74, 6) is -1.23. The molecule has 28 heavy (non-hydrogen) atoms. The summed E-state index contributed by atoms with van der Waals surface area (Å²) in [5, 5.41) is 15.3. The van der Waals surface area contributed by atoms with Crippen molar-refractivity contribution in [1.29, 1.82) is 0 Å². The maximum absolute atomic E-state index is 12.1. The van der Waals surface area contributed by atoms with Crippen LogP contribution in [0.3, 0.4) is 0 Å². The Balaban J connectivity index is 1.41. The molecule has 1 aliphatic rings. The van der Waals surface area contributed by atoms with Crippen LogP contribution in [0.5, 0.6) is 0 Å². The smallest absolute Gasteiger partial charge is 0.407 e. The van der Waals surface area contributed by atoms with E-state index in [2.05, 4.69) is 27.5 Å². The van der Waals surface area contributed by atoms with E-state index in [0.29, 0.717) is 5.82 Å². The quantitative estimate of drug-likeness (QED) is 0.707. The summed E-state index contributed by atoms with van der Waals surface area (Å²) in [5.41, 5.74) is 4.59. The zero-order chi connectivity index (χ0) is 19.7. The van der Waals surface area contributed by atoms with E-state index >= 15 is 0 Å². The average Bonchev–Trinajstić information content (AvgIpc) is 3.23. The van der Waals surface area contributed by atoms with E-state index in [-0.39, 0.29) is 24.9 Å². The van der Waals surface area contributed by atoms with Gasteiger partial charge in [-0.15, -0.1) is 5.10 Å². The lowest BCUT2D eigenvalue weighted by atomic mass is 9.98. The molecule has 8 heteroatoms. The van der Waals surface area contributed by atoms with Crippen molar-refractivity contribution in [3.63, 3.8) is 0 Å². The second-order valence-corrected chi connectivity index (χ2v) is 6.46. The lowest BCUT2D eigenvalue weighted by Crippen LogP contribution is -2.27. The van der Waals surface area contributed by atoms with E-state index in [0.717, 1.165) is 22.3 Å². The predicted octanol–water partition coefficient (Wildman–Crippen LogP) is 2.55. The number of hydrogen-bond donors (Lipinski definition) is 2. The summed E-state index contributed by atoms with van der Waals surface area (Å²) in [6.45, 7) is 0.229. The molecular weight excluding hydrogens is 360 g/mol. The summed E-state index contributed by atoms with van der Waals surface area (Å²) in [4.78, 5) is 26.9. The molecule has 1 aliphatic carbocycles. The van der Waals surface area contributed by atoms with Gasteiger partial charge in [0.1, 0.15) is 12.4 Å². The average molecular weight is 378 g/mol. The van der Waals surface area contributed by atoms with E-state index in [4.69, 9.17) is 9.84 Å². The topological polar surface area (TPSA) is 106 Å². The molecule has 0 saturated carbocycles. The SMILES string of the molecule is Cn1nc(C(=O)O)nc1CNC(=O)OCC1c2ccccc2-c2ccccc21. The van der Waals surface area contributed by atoms with Crippen molar-refractivity contribution in [2.75, 3.05) is 6.61 Å². The number of benzene rings is 2. The minimum atomic E-state index is -1.22. The van der Waals surface area contributed by atoms with Gasteiger partial charge in [-0.05, 0) is 22.3 Å². The van der Waals surface area contributed by atoms with E-state index in [9.17, 15) is 9.59 Å². The number of rotatable bonds is 5. The van der Waals surface area contributed by atoms with Crippen LogP contribution in [0.1, 0.15) is 33.5 Å². The van der Waals surface area contributed by atoms with Crippen molar-refractivity contribution in [3.8, 4) is 11.1 Å². The number of carbonyl (C=O) groups is 2. The van der Waals surface area contributed by atoms with Gasteiger partial charge in [0.25, 0.3) is 5.82 Å². The van der Waals surface area contributed by atoms with Gasteiger partial charge in [-0.2, -0.15) is 0 Å². The van der Waals surface area contributed by atoms with Crippen LogP contribution in [-0.4, -0.2) is 38.5 Å². The second kappa shape index (κ2) is 7.15. The maximum atomic E-state index is 12.1. The summed E-state index contributed by atoms with van der Waals surface area (Å²) < 4.78 is 6.74. The van der Waals surface area contributed by atoms with Crippen molar-refractivity contribution >= 4 is 12.1 Å². The Morgan fingerprint density at radius 3 is 2.29 bits per heavy atom. The highest BCUT2D eigenvalue weighted by atomic mass is 16.5. The number of nitrogens with zero attached hydrogens (tertiary/aromatic N) is 3. The minimum Gasteiger partial charge on any atom is -0.475 e. The highest BCUT2D eigenvalue weighted by Crippen LogP contribution is 2.44. The zero-order valence-electron chi connectivity index (χ0n) is 15.1. The van der Waals surface area contributed by atoms with Gasteiger partial charge in [0, 0.05) is 13.0 Å². The molecule has 0 atom stereocenters. The van der Waals surface area contributed by atoms with Crippen molar-refractivity contribution in [3.05, 3.63) is 71.3 Å². The van der Waals surface area contributed by atoms with Crippen LogP contribution in [0.25, 0.3) is 11.1 Å². The number of carbonyl (C=O) groups excluding carboxylic acids is 1. The molecule has 0 aliphatic heterocycles. The molecule has 2 N–H and O–H groups in total. The summed E-state index contributed by atoms with van der Waals surface area (Å²) in [6.07, 6.45) is -0.596. The van der Waals surface area contributed by atoms with Gasteiger partial charge in [0.05, 0.1) is 6.54 Å². The molecule has 0 spiro atoms. The van der Waals surface area contributed by atoms with Gasteiger partial charge in [0.15, 0.2) is 0 Å². The number of hydrogen-bond acceptors (Lipinski definition) is 5. The monoisotopic (exact) mass is 378 g/mol. The third kappa shape index (κ3) is 3.20. The standard InChI is InChI=1S/C20H18N4O4/c1-24-17(22-18(23-24)19(25)26)10-21-20(27)28-11-16-14-8-4-2-6-12(14)13-7-3-5-9-15(13)16/h2-9,16H,10-11H2,1H3,(H,21,27)(H,25,26). The number of carboxylic acid groups (broad SMARTS) is 1. The molecule has 0 radical (unpaired) electrons. The van der Waals surface area contributed by atoms with Crippen molar-refractivity contribution in [2.45, 2.75) is 12.5 Å². The zero-order valence-corrected chi connectivity index (χ0v) is 15.1. The van der Waals surface area contributed by atoms with Gasteiger partial charge in [-0.3, -0.25) is 4.68 Å². The minimum absolute atomic E-state index is 0.0213. The summed E-state index contributed by atoms with van der Waals surface area (Å²) in [6, 6.07) is 16.2. The van der Waals surface area contributed by atoms with Crippen LogP contribution in [-0.2, 0) is 18.3 Å². The second-order valence-electron chi connectivity index (χ2n) is 6.46. The molecule has 1 amide bonds. The van der Waals surface area contributed by atoms with Crippen LogP contribution in [0.2, 0.25) is 0 Å². The molecule has 0 bridgehead atoms. The molecule has 2 aromatic carbocycles. The largest absolute Gasteiger partial charge is 0.475 e. The van der Waals surface area contributed by atoms with Gasteiger partial charge in [-0.1, -0.05) is 48.5 Å². The van der Waals surface area contributed by atoms with E-state index < -0.39 is 12.1 Å². The van der Waals surface area contributed by atoms with Gasteiger partial charge in [0.2, 0.25) is 0 Å². The molecule has 3 aromatic rings. The van der Waals surface area contributed by atoms with E-state index in [1.165, 1.54) is 4.68 Å². The van der Waals surface area contributed by atoms with Crippen LogP contribution >= 0.6 is 0 Å². The van der Waals surface area contributed by atoms with Crippen LogP contribution in [0.15, 0.2) is 48.5 Å². The van der Waals surface area contributed by atoms with E-state index in [1.807, 2.05) is 36.4 Å². The Bertz CT molecular complexity index is 1010. The highest BCUT2D eigenvalue weighted by molar-refractivity contribution is 5.83. The number of nitrogens with one attached hydrogen (secondary N) is 1. The summed E-state index contributed by atoms with van der Waals surface area (Å²) in [7, 11) is 1.56. The van der Waals surface area contributed by atoms with Crippen LogP contribution in [0, 0.1) is 0 Å². The third-order valence-corrected chi connectivity index (χ3v) is 4.78. The highest BCUT2D eigenvalue weighted by Gasteiger charge is 2.29. The lowest BCUT2D eigenvalue weighted by Gasteiger charge is -2.14. The third-order valence-electron chi connectivity index (χ3n) is 4.78. The first kappa shape index (κ1) is 17.7. The van der Waals surface area contributed by atoms with Gasteiger partial charge in [-0.25, -0.2) is 14.6 Å². The Hall–Kier alpha value is -3.68. The predicted molar refractivity (Wildman–Crippen MR) is 99.9 cm³/mol. The number of aromatic nitrogens is 3. The molecule has 1 aromatic heterocycles. The number of alkyl carbamates (subject to hydrolysis) is 1. The molecule has 142 valence electrons. The fourth-order valence-corrected chi connectivity index (χ4v) is 3.46. The number of ether oxygens (including phenoxy) is 1. The van der Waals surface area contributed by atoms with Gasteiger partial charge >= 0.3 is 12.1 Å². The Morgan fingerprint density at radius 1 is 1.11 bits per heavy atom. The fourth-order valence-electron chi connectivity index (χ4n) is 3.46. The molecule has 8 nitrogen and oxygen atoms in total. The first-order valence-corrected chi connectivity index (χ1v) is 8.76. The number of carboxylic acids is 1. The lowest BCUT2D eigenvalue weighted by molar-refractivity contribution is 0.0683. The fraction of sp³-hybridized carbons (Fsp3) is 0.200. The van der Waals surface area contributed by atoms with E-state index in [1.54, 1.807) is 7.05 Å². The molecular formula is C20H18N4O4. The normalized spacial score (nSPS) is 12.3. The molecule has 0 unspecified atom stereocenters. The van der Waals surface area contributed by atoms with Crippen LogP contribution in [0.4, 0.5) is 4.79 Å². The van der Waals surface area contributed by atoms with Crippen molar-refractivity contribution < 1.29 is 19.4 Å².